The van der Waals surface area contributed by atoms with E-state index in [1.54, 1.807) is 42.5 Å². The number of sulfonamides is 1. The Morgan fingerprint density at radius 1 is 0.921 bits per heavy atom. The van der Waals surface area contributed by atoms with Crippen molar-refractivity contribution in [3.8, 4) is 0 Å². The molecule has 0 saturated carbocycles. The first-order valence-electron chi connectivity index (χ1n) is 11.3. The highest BCUT2D eigenvalue weighted by atomic mass is 35.5. The second-order valence-electron chi connectivity index (χ2n) is 8.06. The first kappa shape index (κ1) is 27.2. The fourth-order valence-electron chi connectivity index (χ4n) is 3.55. The zero-order valence-electron chi connectivity index (χ0n) is 19.9. The van der Waals surface area contributed by atoms with E-state index >= 15 is 0 Å². The normalized spacial score (nSPS) is 11.1. The number of nitro benzene ring substituents is 1. The Kier molecular flexibility index (Phi) is 8.67. The van der Waals surface area contributed by atoms with Crippen molar-refractivity contribution < 1.29 is 18.1 Å². The van der Waals surface area contributed by atoms with Gasteiger partial charge in [-0.2, -0.15) is 0 Å². The number of anilines is 2. The third-order valence-electron chi connectivity index (χ3n) is 5.42. The van der Waals surface area contributed by atoms with Crippen LogP contribution in [0.1, 0.15) is 5.56 Å². The summed E-state index contributed by atoms with van der Waals surface area (Å²) in [6, 6.07) is 27.4. The fourth-order valence-corrected chi connectivity index (χ4v) is 6.08. The molecule has 0 atom stereocenters. The lowest BCUT2D eigenvalue weighted by Gasteiger charge is -2.24. The number of hydrogen-bond donors (Lipinski definition) is 1. The van der Waals surface area contributed by atoms with Crippen molar-refractivity contribution in [1.82, 2.24) is 0 Å². The second kappa shape index (κ2) is 12.1. The first-order valence-corrected chi connectivity index (χ1v) is 14.1. The molecule has 4 aromatic rings. The van der Waals surface area contributed by atoms with Gasteiger partial charge in [0.2, 0.25) is 5.91 Å². The van der Waals surface area contributed by atoms with Crippen molar-refractivity contribution in [2.24, 2.45) is 0 Å². The van der Waals surface area contributed by atoms with Gasteiger partial charge < -0.3 is 5.32 Å². The zero-order valence-corrected chi connectivity index (χ0v) is 22.2. The number of nitrogens with zero attached hydrogens (tertiary/aromatic N) is 2. The van der Waals surface area contributed by atoms with Gasteiger partial charge in [0, 0.05) is 27.8 Å². The summed E-state index contributed by atoms with van der Waals surface area (Å²) in [5, 5.41) is 14.8. The number of thioether (sulfide) groups is 1. The smallest absolute Gasteiger partial charge is 0.271 e. The lowest BCUT2D eigenvalue weighted by molar-refractivity contribution is -0.384. The van der Waals surface area contributed by atoms with E-state index in [0.29, 0.717) is 16.5 Å². The molecule has 0 bridgehead atoms. The molecule has 194 valence electrons. The zero-order chi connectivity index (χ0) is 27.1. The molecule has 0 aliphatic rings. The number of para-hydroxylation sites is 1. The Bertz CT molecular complexity index is 1550. The minimum absolute atomic E-state index is 0.00333. The predicted molar refractivity (Wildman–Crippen MR) is 150 cm³/mol. The molecule has 0 saturated heterocycles. The van der Waals surface area contributed by atoms with Crippen LogP contribution in [-0.4, -0.2) is 25.8 Å². The summed E-state index contributed by atoms with van der Waals surface area (Å²) in [6.45, 7) is -0.589. The maximum Gasteiger partial charge on any atom is 0.271 e. The highest BCUT2D eigenvalue weighted by molar-refractivity contribution is 7.98. The fraction of sp³-hybridized carbons (Fsp3) is 0.0741. The van der Waals surface area contributed by atoms with Crippen molar-refractivity contribution >= 4 is 56.4 Å². The predicted octanol–water partition coefficient (Wildman–Crippen LogP) is 6.37. The molecular weight excluding hydrogens is 546 g/mol. The molecule has 1 N–H and O–H groups in total. The number of non-ortho nitro benzene ring substituents is 1. The minimum Gasteiger partial charge on any atom is -0.323 e. The van der Waals surface area contributed by atoms with E-state index in [0.717, 1.165) is 20.8 Å². The average molecular weight is 568 g/mol. The molecule has 8 nitrogen and oxygen atoms in total. The van der Waals surface area contributed by atoms with Gasteiger partial charge in [0.1, 0.15) is 6.54 Å². The number of benzene rings is 4. The Balaban J connectivity index is 1.59. The Morgan fingerprint density at radius 3 is 2.32 bits per heavy atom. The summed E-state index contributed by atoms with van der Waals surface area (Å²) in [4.78, 5) is 24.6. The van der Waals surface area contributed by atoms with Crippen LogP contribution < -0.4 is 9.62 Å². The average Bonchev–Trinajstić information content (AvgIpc) is 2.92. The van der Waals surface area contributed by atoms with E-state index in [-0.39, 0.29) is 16.3 Å². The van der Waals surface area contributed by atoms with Gasteiger partial charge in [0.15, 0.2) is 0 Å². The minimum atomic E-state index is -4.21. The van der Waals surface area contributed by atoms with E-state index in [2.05, 4.69) is 5.32 Å². The Hall–Kier alpha value is -3.86. The first-order chi connectivity index (χ1) is 18.2. The standard InChI is InChI=1S/C27H22ClN3O5S2/c28-21-15-13-20(14-16-21)19-37-26-12-5-4-11-25(26)29-27(32)18-30(22-7-6-8-23(17-22)31(33)34)38(35,36)24-9-2-1-3-10-24/h1-17H,18-19H2,(H,29,32). The molecule has 0 spiro atoms. The van der Waals surface area contributed by atoms with E-state index < -0.39 is 27.4 Å². The van der Waals surface area contributed by atoms with E-state index in [4.69, 9.17) is 11.6 Å². The molecule has 0 aliphatic heterocycles. The van der Waals surface area contributed by atoms with Gasteiger partial charge in [0.05, 0.1) is 21.2 Å². The number of nitrogens with one attached hydrogen (secondary N) is 1. The number of rotatable bonds is 10. The monoisotopic (exact) mass is 567 g/mol. The van der Waals surface area contributed by atoms with Crippen LogP contribution in [0.5, 0.6) is 0 Å². The molecule has 1 amide bonds. The second-order valence-corrected chi connectivity index (χ2v) is 11.4. The van der Waals surface area contributed by atoms with Crippen molar-refractivity contribution in [3.05, 3.63) is 124 Å². The van der Waals surface area contributed by atoms with Crippen LogP contribution in [-0.2, 0) is 20.6 Å². The summed E-state index contributed by atoms with van der Waals surface area (Å²) in [5.41, 5.74) is 1.28. The number of carbonyl (C=O) groups is 1. The number of hydrogen-bond acceptors (Lipinski definition) is 6. The molecule has 4 rings (SSSR count). The molecule has 0 radical (unpaired) electrons. The highest BCUT2D eigenvalue weighted by Crippen LogP contribution is 2.31. The summed E-state index contributed by atoms with van der Waals surface area (Å²) in [7, 11) is -4.21. The van der Waals surface area contributed by atoms with Crippen LogP contribution in [0.25, 0.3) is 0 Å². The van der Waals surface area contributed by atoms with Crippen LogP contribution in [0.2, 0.25) is 5.02 Å². The number of halogens is 1. The van der Waals surface area contributed by atoms with Gasteiger partial charge in [-0.3, -0.25) is 19.2 Å². The molecule has 38 heavy (non-hydrogen) atoms. The summed E-state index contributed by atoms with van der Waals surface area (Å²) < 4.78 is 27.9. The molecule has 0 heterocycles. The third kappa shape index (κ3) is 6.71. The highest BCUT2D eigenvalue weighted by Gasteiger charge is 2.28. The maximum absolute atomic E-state index is 13.5. The van der Waals surface area contributed by atoms with Crippen LogP contribution in [0.3, 0.4) is 0 Å². The lowest BCUT2D eigenvalue weighted by Crippen LogP contribution is -2.38. The van der Waals surface area contributed by atoms with Crippen molar-refractivity contribution in [2.75, 3.05) is 16.2 Å². The molecule has 11 heteroatoms. The van der Waals surface area contributed by atoms with Gasteiger partial charge in [-0.1, -0.05) is 60.1 Å². The van der Waals surface area contributed by atoms with Crippen LogP contribution in [0, 0.1) is 10.1 Å². The molecule has 0 fully saturated rings. The number of carbonyl (C=O) groups excluding carboxylic acids is 1. The van der Waals surface area contributed by atoms with Gasteiger partial charge in [0.25, 0.3) is 15.7 Å². The van der Waals surface area contributed by atoms with Crippen molar-refractivity contribution in [2.45, 2.75) is 15.5 Å². The molecule has 4 aromatic carbocycles. The van der Waals surface area contributed by atoms with Crippen molar-refractivity contribution in [3.63, 3.8) is 0 Å². The lowest BCUT2D eigenvalue weighted by atomic mass is 10.2. The van der Waals surface area contributed by atoms with E-state index in [9.17, 15) is 23.3 Å². The van der Waals surface area contributed by atoms with E-state index in [1.165, 1.54) is 42.1 Å². The number of nitro groups is 1. The molecular formula is C27H22ClN3O5S2. The molecule has 0 aromatic heterocycles. The largest absolute Gasteiger partial charge is 0.323 e. The molecule has 0 unspecified atom stereocenters. The maximum atomic E-state index is 13.5. The Labute approximate surface area is 229 Å². The quantitative estimate of drug-likeness (QED) is 0.135. The number of amides is 1. The molecule has 0 aliphatic carbocycles. The van der Waals surface area contributed by atoms with Crippen LogP contribution in [0.15, 0.2) is 113 Å². The third-order valence-corrected chi connectivity index (χ3v) is 8.60. The van der Waals surface area contributed by atoms with Crippen LogP contribution in [0.4, 0.5) is 17.1 Å². The van der Waals surface area contributed by atoms with Gasteiger partial charge in [-0.15, -0.1) is 11.8 Å². The van der Waals surface area contributed by atoms with Crippen molar-refractivity contribution in [1.29, 1.82) is 0 Å². The van der Waals surface area contributed by atoms with E-state index in [1.807, 2.05) is 24.3 Å². The van der Waals surface area contributed by atoms with Crippen LogP contribution >= 0.6 is 23.4 Å². The topological polar surface area (TPSA) is 110 Å². The summed E-state index contributed by atoms with van der Waals surface area (Å²) in [5.74, 6) is 0.0299. The Morgan fingerprint density at radius 2 is 1.61 bits per heavy atom. The van der Waals surface area contributed by atoms with Gasteiger partial charge in [-0.05, 0) is 48.0 Å². The summed E-state index contributed by atoms with van der Waals surface area (Å²) in [6.07, 6.45) is 0. The SMILES string of the molecule is O=C(CN(c1cccc([N+](=O)[O-])c1)S(=O)(=O)c1ccccc1)Nc1ccccc1SCc1ccc(Cl)cc1. The van der Waals surface area contributed by atoms with Gasteiger partial charge in [-0.25, -0.2) is 8.42 Å². The summed E-state index contributed by atoms with van der Waals surface area (Å²) >= 11 is 7.46. The van der Waals surface area contributed by atoms with Gasteiger partial charge >= 0.3 is 0 Å².